The van der Waals surface area contributed by atoms with Crippen molar-refractivity contribution in [3.63, 3.8) is 0 Å². The van der Waals surface area contributed by atoms with Gasteiger partial charge in [-0.3, -0.25) is 9.69 Å². The second-order valence-corrected chi connectivity index (χ2v) is 9.28. The zero-order chi connectivity index (χ0) is 23.6. The van der Waals surface area contributed by atoms with Crippen LogP contribution in [0.15, 0.2) is 51.5 Å². The molecule has 1 aliphatic rings. The Morgan fingerprint density at radius 3 is 2.42 bits per heavy atom. The second-order valence-electron chi connectivity index (χ2n) is 9.28. The Bertz CT molecular complexity index is 1130. The number of benzene rings is 1. The first-order chi connectivity index (χ1) is 15.8. The molecular weight excluding hydrogens is 418 g/mol. The van der Waals surface area contributed by atoms with Gasteiger partial charge in [0.05, 0.1) is 12.3 Å². The van der Waals surface area contributed by atoms with Gasteiger partial charge in [0.15, 0.2) is 5.76 Å². The number of oxazole rings is 1. The molecule has 4 rings (SSSR count). The van der Waals surface area contributed by atoms with Gasteiger partial charge in [0.2, 0.25) is 17.5 Å². The van der Waals surface area contributed by atoms with Crippen molar-refractivity contribution in [3.05, 3.63) is 53.9 Å². The van der Waals surface area contributed by atoms with Crippen molar-refractivity contribution < 1.29 is 13.6 Å². The molecule has 1 saturated heterocycles. The summed E-state index contributed by atoms with van der Waals surface area (Å²) in [5, 5.41) is 12.5. The highest BCUT2D eigenvalue weighted by Gasteiger charge is 2.29. The van der Waals surface area contributed by atoms with E-state index in [2.05, 4.69) is 54.2 Å². The molecule has 1 aromatic carbocycles. The lowest BCUT2D eigenvalue weighted by atomic mass is 9.87. The summed E-state index contributed by atoms with van der Waals surface area (Å²) < 4.78 is 11.2. The maximum absolute atomic E-state index is 12.8. The van der Waals surface area contributed by atoms with Crippen LogP contribution in [-0.2, 0) is 10.2 Å². The number of piperazine rings is 1. The van der Waals surface area contributed by atoms with E-state index in [1.165, 1.54) is 11.8 Å². The maximum atomic E-state index is 12.8. The van der Waals surface area contributed by atoms with Crippen LogP contribution in [0.25, 0.3) is 11.7 Å². The normalized spacial score (nSPS) is 15.8. The average molecular weight is 448 g/mol. The zero-order valence-electron chi connectivity index (χ0n) is 19.5. The molecule has 0 aliphatic carbocycles. The first-order valence-electron chi connectivity index (χ1n) is 11.1. The molecule has 3 heterocycles. The summed E-state index contributed by atoms with van der Waals surface area (Å²) in [5.74, 6) is 1.18. The van der Waals surface area contributed by atoms with Gasteiger partial charge in [0, 0.05) is 31.9 Å². The van der Waals surface area contributed by atoms with E-state index in [0.29, 0.717) is 43.7 Å². The van der Waals surface area contributed by atoms with E-state index in [9.17, 15) is 10.1 Å². The summed E-state index contributed by atoms with van der Waals surface area (Å²) in [6.45, 7) is 11.0. The molecule has 0 radical (unpaired) electrons. The van der Waals surface area contributed by atoms with E-state index >= 15 is 0 Å². The van der Waals surface area contributed by atoms with Gasteiger partial charge in [-0.1, -0.05) is 32.9 Å². The molecule has 1 amide bonds. The third-order valence-corrected chi connectivity index (χ3v) is 5.99. The largest absolute Gasteiger partial charge is 0.459 e. The van der Waals surface area contributed by atoms with Crippen molar-refractivity contribution in [2.75, 3.05) is 36.4 Å². The summed E-state index contributed by atoms with van der Waals surface area (Å²) in [7, 11) is 0. The summed E-state index contributed by atoms with van der Waals surface area (Å²) in [6.07, 6.45) is 1.54. The first-order valence-corrected chi connectivity index (χ1v) is 11.1. The zero-order valence-corrected chi connectivity index (χ0v) is 19.5. The number of carbonyl (C=O) groups excluding carboxylic acids is 1. The van der Waals surface area contributed by atoms with E-state index in [1.807, 2.05) is 24.0 Å². The SMILES string of the molecule is CC(C(=O)Nc1ccc(C(C)(C)C)cc1)N1CCN(c2oc(-c3ccco3)nc2C#N)CC1. The highest BCUT2D eigenvalue weighted by Crippen LogP contribution is 2.29. The van der Waals surface area contributed by atoms with Crippen molar-refractivity contribution in [1.82, 2.24) is 9.88 Å². The Kier molecular flexibility index (Phi) is 6.25. The maximum Gasteiger partial charge on any atom is 0.266 e. The molecule has 1 atom stereocenters. The van der Waals surface area contributed by atoms with Gasteiger partial charge < -0.3 is 19.1 Å². The fourth-order valence-electron chi connectivity index (χ4n) is 3.88. The number of hydrogen-bond donors (Lipinski definition) is 1. The molecule has 1 aliphatic heterocycles. The molecule has 0 spiro atoms. The van der Waals surface area contributed by atoms with Crippen LogP contribution >= 0.6 is 0 Å². The molecule has 172 valence electrons. The smallest absolute Gasteiger partial charge is 0.266 e. The van der Waals surface area contributed by atoms with Crippen LogP contribution in [0.1, 0.15) is 39.0 Å². The predicted octanol–water partition coefficient (Wildman–Crippen LogP) is 4.25. The average Bonchev–Trinajstić information content (AvgIpc) is 3.48. The highest BCUT2D eigenvalue weighted by atomic mass is 16.4. The Morgan fingerprint density at radius 1 is 1.15 bits per heavy atom. The Balaban J connectivity index is 1.36. The molecule has 0 saturated carbocycles. The number of rotatable bonds is 5. The van der Waals surface area contributed by atoms with Crippen LogP contribution in [0, 0.1) is 11.3 Å². The van der Waals surface area contributed by atoms with Crippen molar-refractivity contribution in [1.29, 1.82) is 5.26 Å². The molecule has 8 nitrogen and oxygen atoms in total. The highest BCUT2D eigenvalue weighted by molar-refractivity contribution is 5.94. The van der Waals surface area contributed by atoms with E-state index in [0.717, 1.165) is 5.69 Å². The Morgan fingerprint density at radius 2 is 1.85 bits per heavy atom. The molecule has 1 N–H and O–H groups in total. The Labute approximate surface area is 193 Å². The molecule has 8 heteroatoms. The summed E-state index contributed by atoms with van der Waals surface area (Å²) in [6, 6.07) is 13.3. The van der Waals surface area contributed by atoms with Gasteiger partial charge in [-0.25, -0.2) is 0 Å². The number of nitriles is 1. The third kappa shape index (κ3) is 4.94. The van der Waals surface area contributed by atoms with Gasteiger partial charge >= 0.3 is 0 Å². The quantitative estimate of drug-likeness (QED) is 0.624. The van der Waals surface area contributed by atoms with Gasteiger partial charge in [0.25, 0.3) is 5.89 Å². The van der Waals surface area contributed by atoms with E-state index < -0.39 is 0 Å². The summed E-state index contributed by atoms with van der Waals surface area (Å²) >= 11 is 0. The second kappa shape index (κ2) is 9.12. The number of nitrogens with zero attached hydrogens (tertiary/aromatic N) is 4. The van der Waals surface area contributed by atoms with E-state index in [-0.39, 0.29) is 23.1 Å². The molecule has 3 aromatic rings. The fraction of sp³-hybridized carbons (Fsp3) is 0.400. The van der Waals surface area contributed by atoms with Crippen LogP contribution in [0.4, 0.5) is 11.6 Å². The standard InChI is InChI=1S/C25H29N5O3/c1-17(22(31)27-19-9-7-18(8-10-19)25(2,3)4)29-11-13-30(14-12-29)24-20(16-26)28-23(33-24)21-6-5-15-32-21/h5-10,15,17H,11-14H2,1-4H3,(H,27,31). The van der Waals surface area contributed by atoms with Crippen molar-refractivity contribution in [2.24, 2.45) is 0 Å². The monoisotopic (exact) mass is 447 g/mol. The van der Waals surface area contributed by atoms with Crippen LogP contribution in [0.5, 0.6) is 0 Å². The van der Waals surface area contributed by atoms with E-state index in [4.69, 9.17) is 8.83 Å². The van der Waals surface area contributed by atoms with E-state index in [1.54, 1.807) is 12.1 Å². The number of carbonyl (C=O) groups is 1. The van der Waals surface area contributed by atoms with Gasteiger partial charge in [-0.15, -0.1) is 0 Å². The number of aromatic nitrogens is 1. The van der Waals surface area contributed by atoms with Crippen LogP contribution in [0.3, 0.4) is 0 Å². The molecule has 0 bridgehead atoms. The van der Waals surface area contributed by atoms with Crippen molar-refractivity contribution in [2.45, 2.75) is 39.2 Å². The van der Waals surface area contributed by atoms with Crippen LogP contribution < -0.4 is 10.2 Å². The van der Waals surface area contributed by atoms with Gasteiger partial charge in [-0.05, 0) is 42.2 Å². The molecule has 2 aromatic heterocycles. The number of amides is 1. The third-order valence-electron chi connectivity index (χ3n) is 5.99. The molecule has 33 heavy (non-hydrogen) atoms. The lowest BCUT2D eigenvalue weighted by Gasteiger charge is -2.37. The van der Waals surface area contributed by atoms with Gasteiger partial charge in [-0.2, -0.15) is 10.2 Å². The topological polar surface area (TPSA) is 98.5 Å². The minimum atomic E-state index is -0.279. The predicted molar refractivity (Wildman–Crippen MR) is 126 cm³/mol. The lowest BCUT2D eigenvalue weighted by Crippen LogP contribution is -2.52. The number of furan rings is 1. The fourth-order valence-corrected chi connectivity index (χ4v) is 3.88. The minimum absolute atomic E-state index is 0.0376. The summed E-state index contributed by atoms with van der Waals surface area (Å²) in [4.78, 5) is 21.2. The number of hydrogen-bond acceptors (Lipinski definition) is 7. The number of nitrogens with one attached hydrogen (secondary N) is 1. The van der Waals surface area contributed by atoms with Gasteiger partial charge in [0.1, 0.15) is 6.07 Å². The van der Waals surface area contributed by atoms with Crippen molar-refractivity contribution >= 4 is 17.5 Å². The number of anilines is 2. The van der Waals surface area contributed by atoms with Crippen molar-refractivity contribution in [3.8, 4) is 17.7 Å². The molecule has 1 fully saturated rings. The summed E-state index contributed by atoms with van der Waals surface area (Å²) in [5.41, 5.74) is 2.33. The van der Waals surface area contributed by atoms with Crippen LogP contribution in [-0.4, -0.2) is 48.0 Å². The molecular formula is C25H29N5O3. The van der Waals surface area contributed by atoms with Crippen LogP contribution in [0.2, 0.25) is 0 Å². The Hall–Kier alpha value is -3.57. The lowest BCUT2D eigenvalue weighted by molar-refractivity contribution is -0.120. The molecule has 1 unspecified atom stereocenters. The minimum Gasteiger partial charge on any atom is -0.459 e. The first kappa shape index (κ1) is 22.6.